The normalized spacial score (nSPS) is 14.3. The minimum atomic E-state index is 0.332. The third-order valence-corrected chi connectivity index (χ3v) is 30.9. The van der Waals surface area contributed by atoms with Gasteiger partial charge in [-0.25, -0.2) is 35.0 Å². The van der Waals surface area contributed by atoms with Crippen molar-refractivity contribution in [2.75, 3.05) is 5.88 Å². The monoisotopic (exact) mass is 1930 g/mol. The maximum atomic E-state index is 10.8. The largest absolute Gasteiger partial charge is 0.409 e. The molecule has 0 aliphatic heterocycles. The van der Waals surface area contributed by atoms with Gasteiger partial charge in [-0.05, 0) is 333 Å². The van der Waals surface area contributed by atoms with Crippen molar-refractivity contribution in [3.05, 3.63) is 237 Å². The molecular formula is C109H100ClN29O3S. The van der Waals surface area contributed by atoms with Crippen LogP contribution < -0.4 is 4.74 Å². The molecule has 18 heterocycles. The molecule has 34 heteroatoms. The van der Waals surface area contributed by atoms with Gasteiger partial charge in [0.15, 0.2) is 5.58 Å². The van der Waals surface area contributed by atoms with Crippen molar-refractivity contribution in [1.29, 1.82) is 0 Å². The van der Waals surface area contributed by atoms with E-state index in [1.54, 1.807) is 17.7 Å². The highest BCUT2D eigenvalue weighted by molar-refractivity contribution is 7.13. The molecule has 6 aliphatic rings. The van der Waals surface area contributed by atoms with Crippen LogP contribution >= 0.6 is 23.1 Å². The van der Waals surface area contributed by atoms with E-state index in [-0.39, 0.29) is 0 Å². The predicted molar refractivity (Wildman–Crippen MR) is 558 cm³/mol. The number of benzene rings is 6. The first-order valence-corrected chi connectivity index (χ1v) is 50.8. The van der Waals surface area contributed by atoms with E-state index < -0.39 is 0 Å². The van der Waals surface area contributed by atoms with Gasteiger partial charge >= 0.3 is 0 Å². The number of carbonyl (C=O) groups is 1. The number of rotatable bonds is 10. The zero-order chi connectivity index (χ0) is 96.0. The standard InChI is InChI=1S/C19H18ClN5.C19H19N5.C18H15N5O2.C18H16N4O.C18H16N4S.C17H16N6/c20-7-8-25-11-12(9-22-25)19-14-4-2-1-3-13(14)18-15-10-21-24-16(15)5-6-17(18)23-19;1-11-14(9-20-23-11)19-13-6-4-3-5-12(13)18-15-10-21-24(2)17(15)8-7-16(18)22-19;24-9-25-18-13(8-20-23-18)17-11-4-2-1-3-10(11)16-12-7-19-22-14(12)5-6-15(16)21-17;2*1-10-13(8-19-22-10)18-12-5-3-2-4-11(12)17-14-9-20-23-16(14)7-6-15(17)21-18;1-9-12(8-18-20-9)16-11-5-3-2-4-10(11)15-13(19-16)6-7-14-17(15)22-23-21-14/h5-6,9-11H,1-4,7-8H2,(H,21,24);7-10H,3-6H2,1-2H3,(H,20,23);5-9H,1-4H2,(H,19,22)(H,20,23);2*6-9H,2-5H2,1H3,(H,19,22);6-8H,2-5H2,1H3,(H,18,20)(H,21,22,23). The van der Waals surface area contributed by atoms with Crippen LogP contribution in [-0.4, -0.2) is 158 Å². The predicted octanol–water partition coefficient (Wildman–Crippen LogP) is 22.2. The summed E-state index contributed by atoms with van der Waals surface area (Å²) in [6.45, 7) is 9.34. The zero-order valence-corrected chi connectivity index (χ0v) is 81.3. The number of aromatic amines is 8. The molecule has 32 nitrogen and oxygen atoms in total. The minimum Gasteiger partial charge on any atom is -0.409 e. The molecule has 0 fully saturated rings. The van der Waals surface area contributed by atoms with Gasteiger partial charge < -0.3 is 9.26 Å². The summed E-state index contributed by atoms with van der Waals surface area (Å²) >= 11 is 7.41. The molecular weight excluding hydrogens is 1830 g/mol. The second-order valence-electron chi connectivity index (χ2n) is 38.2. The van der Waals surface area contributed by atoms with Crippen LogP contribution in [0.2, 0.25) is 0 Å². The number of H-pyrrole nitrogens is 8. The molecule has 6 aliphatic carbocycles. The first kappa shape index (κ1) is 88.4. The lowest BCUT2D eigenvalue weighted by atomic mass is 9.85. The van der Waals surface area contributed by atoms with Crippen LogP contribution in [0.3, 0.4) is 0 Å². The minimum absolute atomic E-state index is 0.332. The summed E-state index contributed by atoms with van der Waals surface area (Å²) in [7, 11) is 2.00. The summed E-state index contributed by atoms with van der Waals surface area (Å²) in [5.41, 5.74) is 45.5. The van der Waals surface area contributed by atoms with Gasteiger partial charge in [0.05, 0.1) is 168 Å². The molecule has 712 valence electrons. The summed E-state index contributed by atoms with van der Waals surface area (Å²) in [6.07, 6.45) is 50.2. The molecule has 8 N–H and O–H groups in total. The van der Waals surface area contributed by atoms with E-state index >= 15 is 0 Å². The van der Waals surface area contributed by atoms with Crippen molar-refractivity contribution >= 4 is 160 Å². The number of halogens is 1. The molecule has 0 bridgehead atoms. The van der Waals surface area contributed by atoms with Gasteiger partial charge in [0.2, 0.25) is 5.88 Å². The lowest BCUT2D eigenvalue weighted by Crippen LogP contribution is -2.08. The van der Waals surface area contributed by atoms with E-state index in [1.165, 1.54) is 184 Å². The first-order valence-electron chi connectivity index (χ1n) is 49.5. The van der Waals surface area contributed by atoms with Gasteiger partial charge in [-0.2, -0.15) is 65.7 Å². The number of fused-ring (bicyclic) bond motifs is 30. The molecule has 30 rings (SSSR count). The Morgan fingerprint density at radius 2 is 0.762 bits per heavy atom. The molecule has 0 radical (unpaired) electrons. The van der Waals surface area contributed by atoms with Crippen LogP contribution in [0.15, 0.2) is 152 Å². The van der Waals surface area contributed by atoms with Crippen molar-refractivity contribution in [2.24, 2.45) is 7.05 Å². The summed E-state index contributed by atoms with van der Waals surface area (Å²) < 4.78 is 19.9. The van der Waals surface area contributed by atoms with Crippen molar-refractivity contribution in [3.63, 3.8) is 0 Å². The number of nitrogens with one attached hydrogen (secondary N) is 8. The zero-order valence-electron chi connectivity index (χ0n) is 79.7. The molecule has 0 spiro atoms. The van der Waals surface area contributed by atoms with Gasteiger partial charge in [0, 0.05) is 130 Å². The van der Waals surface area contributed by atoms with Crippen LogP contribution in [-0.2, 0) is 95.4 Å². The molecule has 6 aromatic carbocycles. The summed E-state index contributed by atoms with van der Waals surface area (Å²) in [4.78, 5) is 40.8. The maximum absolute atomic E-state index is 10.8. The van der Waals surface area contributed by atoms with Gasteiger partial charge in [-0.3, -0.25) is 44.8 Å². The van der Waals surface area contributed by atoms with E-state index in [0.717, 1.165) is 257 Å². The number of carbonyl (C=O) groups excluding carboxylic acids is 1. The van der Waals surface area contributed by atoms with Gasteiger partial charge in [0.1, 0.15) is 11.0 Å². The van der Waals surface area contributed by atoms with Crippen molar-refractivity contribution in [3.8, 4) is 73.4 Å². The van der Waals surface area contributed by atoms with Crippen LogP contribution in [0.25, 0.3) is 198 Å². The number of pyridine rings is 6. The number of alkyl halides is 1. The molecule has 0 amide bonds. The fraction of sp³-hybridized carbons (Fsp3) is 0.284. The van der Waals surface area contributed by atoms with E-state index in [0.29, 0.717) is 24.8 Å². The fourth-order valence-electron chi connectivity index (χ4n) is 23.2. The summed E-state index contributed by atoms with van der Waals surface area (Å²) in [5, 5.41) is 87.6. The Hall–Kier alpha value is -16.0. The quantitative estimate of drug-likeness (QED) is 0.0465. The van der Waals surface area contributed by atoms with E-state index in [2.05, 4.69) is 163 Å². The number of ether oxygens (including phenoxy) is 1. The van der Waals surface area contributed by atoms with Crippen LogP contribution in [0.4, 0.5) is 0 Å². The Morgan fingerprint density at radius 3 is 1.24 bits per heavy atom. The van der Waals surface area contributed by atoms with Crippen molar-refractivity contribution in [1.82, 2.24) is 146 Å². The second-order valence-corrected chi connectivity index (χ2v) is 39.4. The molecule has 0 saturated carbocycles. The lowest BCUT2D eigenvalue weighted by molar-refractivity contribution is -0.120. The third-order valence-electron chi connectivity index (χ3n) is 29.9. The maximum Gasteiger partial charge on any atom is 0.299 e. The van der Waals surface area contributed by atoms with Gasteiger partial charge in [-0.1, -0.05) is 5.16 Å². The number of hydrogen-bond donors (Lipinski definition) is 8. The number of hydrogen-bond acceptors (Lipinski definition) is 23. The Balaban J connectivity index is 0.0000000900. The Morgan fingerprint density at radius 1 is 0.371 bits per heavy atom. The van der Waals surface area contributed by atoms with E-state index in [9.17, 15) is 4.79 Å². The molecule has 0 unspecified atom stereocenters. The average molecular weight is 1930 g/mol. The van der Waals surface area contributed by atoms with Crippen LogP contribution in [0.5, 0.6) is 5.88 Å². The molecule has 143 heavy (non-hydrogen) atoms. The number of aromatic nitrogens is 29. The summed E-state index contributed by atoms with van der Waals surface area (Å²) in [5.74, 6) is 0.891. The molecule has 0 saturated heterocycles. The molecule has 0 atom stereocenters. The van der Waals surface area contributed by atoms with E-state index in [4.69, 9.17) is 50.8 Å². The van der Waals surface area contributed by atoms with Gasteiger partial charge in [-0.15, -0.1) is 11.6 Å². The fourth-order valence-corrected chi connectivity index (χ4v) is 24.0. The third kappa shape index (κ3) is 15.6. The highest BCUT2D eigenvalue weighted by Gasteiger charge is 2.32. The van der Waals surface area contributed by atoms with Crippen molar-refractivity contribution in [2.45, 2.75) is 188 Å². The highest BCUT2D eigenvalue weighted by atomic mass is 35.5. The molecule has 18 aromatic heterocycles. The highest BCUT2D eigenvalue weighted by Crippen LogP contribution is 2.48. The Kier molecular flexibility index (Phi) is 23.0. The lowest BCUT2D eigenvalue weighted by Gasteiger charge is -2.21. The second kappa shape index (κ2) is 37.2. The number of aryl methyl sites for hydroxylation is 12. The Bertz CT molecular complexity index is 8700. The van der Waals surface area contributed by atoms with Gasteiger partial charge in [0.25, 0.3) is 6.47 Å². The Labute approximate surface area is 825 Å². The van der Waals surface area contributed by atoms with Crippen molar-refractivity contribution < 1.29 is 14.1 Å². The smallest absolute Gasteiger partial charge is 0.299 e. The average Bonchev–Trinajstić information content (AvgIpc) is 1.50. The van der Waals surface area contributed by atoms with Crippen LogP contribution in [0.1, 0.15) is 167 Å². The number of nitrogens with zero attached hydrogens (tertiary/aromatic N) is 21. The summed E-state index contributed by atoms with van der Waals surface area (Å²) in [6, 6.07) is 24.7. The topological polar surface area (TPSA) is 421 Å². The van der Waals surface area contributed by atoms with Crippen LogP contribution in [0, 0.1) is 27.7 Å². The SMILES string of the molecule is Cc1[nH]ncc1-c1nc2ccc3c(cnn3C)c2c2c1CCCC2.Cc1[nH]ncc1-c1nc2ccc3n[nH]nc3c2c2c1CCCC2.Cc1[nH]ncc1-c1nc2ccc3oncc3c2c2c1CCCC2.Cc1[nH]ncc1-c1nc2ccc3sncc3c2c2c1CCCC2.ClCCn1cc(-c2nc3ccc4[nH]ncc4c3c3c2CCCC3)cn1.O=COc1[nH]ncc1-c1nc2ccc3[nH]ncc3c2c2c1CCCC2. The van der Waals surface area contributed by atoms with E-state index in [1.807, 2.05) is 129 Å². The first-order chi connectivity index (χ1) is 70.4. The molecule has 24 aromatic rings.